The minimum Gasteiger partial charge on any atom is -0.473 e. The van der Waals surface area contributed by atoms with Crippen LogP contribution in [0.2, 0.25) is 0 Å². The van der Waals surface area contributed by atoms with Crippen molar-refractivity contribution >= 4 is 45.0 Å². The van der Waals surface area contributed by atoms with Crippen molar-refractivity contribution < 1.29 is 19.2 Å². The normalized spacial score (nSPS) is 15.0. The predicted octanol–water partition coefficient (Wildman–Crippen LogP) is 3.48. The molecule has 1 aliphatic heterocycles. The molecule has 1 atom stereocenters. The second-order valence-electron chi connectivity index (χ2n) is 7.80. The molecule has 0 N–H and O–H groups in total. The number of hydrogen-bond acceptors (Lipinski definition) is 8. The van der Waals surface area contributed by atoms with Crippen molar-refractivity contribution in [2.45, 2.75) is 19.4 Å². The average Bonchev–Trinajstić information content (AvgIpc) is 3.20. The van der Waals surface area contributed by atoms with Gasteiger partial charge >= 0.3 is 11.7 Å². The van der Waals surface area contributed by atoms with E-state index in [9.17, 15) is 19.7 Å². The Balaban J connectivity index is 1.95. The van der Waals surface area contributed by atoms with E-state index in [1.807, 2.05) is 37.3 Å². The van der Waals surface area contributed by atoms with E-state index >= 15 is 0 Å². The first-order chi connectivity index (χ1) is 17.8. The van der Waals surface area contributed by atoms with Gasteiger partial charge < -0.3 is 9.47 Å². The molecule has 2 aromatic carbocycles. The third-order valence-electron chi connectivity index (χ3n) is 5.61. The highest BCUT2D eigenvalue weighted by Gasteiger charge is 2.33. The van der Waals surface area contributed by atoms with E-state index in [2.05, 4.69) is 26.8 Å². The van der Waals surface area contributed by atoms with Gasteiger partial charge in [-0.2, -0.15) is 0 Å². The Morgan fingerprint density at radius 1 is 1.35 bits per heavy atom. The van der Waals surface area contributed by atoms with Gasteiger partial charge in [0.25, 0.3) is 5.56 Å². The fraction of sp³-hybridized carbons (Fsp3) is 0.192. The van der Waals surface area contributed by atoms with Gasteiger partial charge in [-0.1, -0.05) is 54.5 Å². The fourth-order valence-corrected chi connectivity index (χ4v) is 5.64. The van der Waals surface area contributed by atoms with Crippen LogP contribution in [-0.4, -0.2) is 29.2 Å². The zero-order chi connectivity index (χ0) is 26.7. The molecule has 0 bridgehead atoms. The summed E-state index contributed by atoms with van der Waals surface area (Å²) in [5.41, 5.74) is 1.26. The number of aromatic nitrogens is 1. The van der Waals surface area contributed by atoms with E-state index in [4.69, 9.17) is 15.9 Å². The molecule has 0 amide bonds. The first-order valence-corrected chi connectivity index (χ1v) is 12.6. The van der Waals surface area contributed by atoms with Gasteiger partial charge in [-0.15, -0.1) is 6.42 Å². The van der Waals surface area contributed by atoms with Gasteiger partial charge in [-0.25, -0.2) is 9.79 Å². The van der Waals surface area contributed by atoms with Crippen molar-refractivity contribution in [2.24, 2.45) is 4.99 Å². The van der Waals surface area contributed by atoms with E-state index in [1.165, 1.54) is 17.7 Å². The van der Waals surface area contributed by atoms with E-state index < -0.39 is 16.9 Å². The topological polar surface area (TPSA) is 113 Å². The standard InChI is InChI=1S/C26H20BrN3O6S/c1-4-11-36-23-17(27)12-15(13-19(23)30(33)34)14-20-24(31)29-22(16-9-7-6-8-10-16)21(25(32)35-3)18(5-2)28-26(29)37-20/h1,6-10,12-14,22H,5,11H2,2-3H3/b20-14+/t22-/m0/s1. The fourth-order valence-electron chi connectivity index (χ4n) is 4.04. The number of methoxy groups -OCH3 is 1. The number of nitrogens with zero attached hydrogens (tertiary/aromatic N) is 3. The van der Waals surface area contributed by atoms with E-state index in [1.54, 1.807) is 12.1 Å². The Bertz CT molecular complexity index is 1650. The average molecular weight is 582 g/mol. The van der Waals surface area contributed by atoms with Crippen molar-refractivity contribution in [2.75, 3.05) is 13.7 Å². The lowest BCUT2D eigenvalue weighted by atomic mass is 9.95. The number of nitro benzene ring substituents is 1. The summed E-state index contributed by atoms with van der Waals surface area (Å²) < 4.78 is 12.5. The van der Waals surface area contributed by atoms with Crippen molar-refractivity contribution in [1.29, 1.82) is 0 Å². The number of halogens is 1. The molecule has 11 heteroatoms. The zero-order valence-corrected chi connectivity index (χ0v) is 22.2. The summed E-state index contributed by atoms with van der Waals surface area (Å²) in [7, 11) is 1.29. The minimum atomic E-state index is -0.734. The molecule has 0 spiro atoms. The molecule has 0 unspecified atom stereocenters. The van der Waals surface area contributed by atoms with E-state index in [0.29, 0.717) is 37.1 Å². The number of nitro groups is 1. The number of benzene rings is 2. The van der Waals surface area contributed by atoms with Crippen LogP contribution in [0.4, 0.5) is 5.69 Å². The highest BCUT2D eigenvalue weighted by Crippen LogP contribution is 2.37. The largest absolute Gasteiger partial charge is 0.473 e. The van der Waals surface area contributed by atoms with E-state index in [-0.39, 0.29) is 23.6 Å². The maximum Gasteiger partial charge on any atom is 0.338 e. The maximum absolute atomic E-state index is 13.7. The quantitative estimate of drug-likeness (QED) is 0.183. The minimum absolute atomic E-state index is 0.000875. The van der Waals surface area contributed by atoms with Gasteiger partial charge in [-0.3, -0.25) is 19.5 Å². The summed E-state index contributed by atoms with van der Waals surface area (Å²) in [5, 5.41) is 11.7. The van der Waals surface area contributed by atoms with Crippen LogP contribution >= 0.6 is 27.3 Å². The molecule has 0 saturated carbocycles. The summed E-state index contributed by atoms with van der Waals surface area (Å²) >= 11 is 4.43. The third kappa shape index (κ3) is 4.98. The summed E-state index contributed by atoms with van der Waals surface area (Å²) in [6.45, 7) is 1.73. The smallest absolute Gasteiger partial charge is 0.338 e. The van der Waals surface area contributed by atoms with Crippen molar-refractivity contribution in [3.05, 3.63) is 99.1 Å². The highest BCUT2D eigenvalue weighted by molar-refractivity contribution is 9.10. The number of hydrogen-bond donors (Lipinski definition) is 0. The molecular formula is C26H20BrN3O6S. The van der Waals surface area contributed by atoms with Crippen LogP contribution < -0.4 is 19.6 Å². The molecule has 0 fully saturated rings. The molecule has 0 radical (unpaired) electrons. The number of carbonyl (C=O) groups excluding carboxylic acids is 1. The molecule has 37 heavy (non-hydrogen) atoms. The number of thiazole rings is 1. The molecular weight excluding hydrogens is 562 g/mol. The molecule has 3 aromatic rings. The Labute approximate surface area is 223 Å². The van der Waals surface area contributed by atoms with Gasteiger partial charge in [0.05, 0.1) is 38.4 Å². The molecule has 4 rings (SSSR count). The molecule has 2 heterocycles. The number of carbonyl (C=O) groups is 1. The first kappa shape index (κ1) is 26.1. The Kier molecular flexibility index (Phi) is 7.71. The van der Waals surface area contributed by atoms with Crippen LogP contribution in [0.5, 0.6) is 5.75 Å². The van der Waals surface area contributed by atoms with Gasteiger partial charge in [-0.05, 0) is 45.6 Å². The lowest BCUT2D eigenvalue weighted by Crippen LogP contribution is -2.40. The SMILES string of the molecule is C#CCOc1c(Br)cc(/C=c2/sc3n(c2=O)[C@@H](c2ccccc2)C(C(=O)OC)=C(CC)N=3)cc1[N+](=O)[O-]. The van der Waals surface area contributed by atoms with Gasteiger partial charge in [0.15, 0.2) is 4.80 Å². The van der Waals surface area contributed by atoms with E-state index in [0.717, 1.165) is 16.9 Å². The second kappa shape index (κ2) is 10.9. The first-order valence-electron chi connectivity index (χ1n) is 11.0. The van der Waals surface area contributed by atoms with Gasteiger partial charge in [0.2, 0.25) is 5.75 Å². The molecule has 0 aliphatic carbocycles. The lowest BCUT2D eigenvalue weighted by Gasteiger charge is -2.25. The van der Waals surface area contributed by atoms with Crippen LogP contribution in [-0.2, 0) is 9.53 Å². The summed E-state index contributed by atoms with van der Waals surface area (Å²) in [4.78, 5) is 42.6. The third-order valence-corrected chi connectivity index (χ3v) is 7.18. The number of terminal acetylenes is 1. The van der Waals surface area contributed by atoms with Crippen LogP contribution in [0.25, 0.3) is 6.08 Å². The summed E-state index contributed by atoms with van der Waals surface area (Å²) in [6.07, 6.45) is 7.22. The van der Waals surface area contributed by atoms with Crippen molar-refractivity contribution in [3.8, 4) is 18.1 Å². The van der Waals surface area contributed by atoms with Crippen LogP contribution in [0.1, 0.15) is 30.5 Å². The monoisotopic (exact) mass is 581 g/mol. The van der Waals surface area contributed by atoms with Crippen molar-refractivity contribution in [3.63, 3.8) is 0 Å². The van der Waals surface area contributed by atoms with Gasteiger partial charge in [0, 0.05) is 6.07 Å². The number of esters is 1. The maximum atomic E-state index is 13.7. The predicted molar refractivity (Wildman–Crippen MR) is 142 cm³/mol. The van der Waals surface area contributed by atoms with Crippen LogP contribution in [0.15, 0.2) is 68.0 Å². The Hall–Kier alpha value is -4.01. The number of rotatable bonds is 7. The molecule has 0 saturated heterocycles. The second-order valence-corrected chi connectivity index (χ2v) is 9.66. The molecule has 1 aliphatic rings. The Morgan fingerprint density at radius 3 is 2.70 bits per heavy atom. The molecule has 1 aromatic heterocycles. The highest BCUT2D eigenvalue weighted by atomic mass is 79.9. The summed E-state index contributed by atoms with van der Waals surface area (Å²) in [6, 6.07) is 11.3. The molecule has 9 nitrogen and oxygen atoms in total. The van der Waals surface area contributed by atoms with Crippen LogP contribution in [0.3, 0.4) is 0 Å². The number of fused-ring (bicyclic) bond motifs is 1. The Morgan fingerprint density at radius 2 is 2.08 bits per heavy atom. The number of allylic oxidation sites excluding steroid dienone is 1. The van der Waals surface area contributed by atoms with Crippen LogP contribution in [0, 0.1) is 22.5 Å². The van der Waals surface area contributed by atoms with Crippen molar-refractivity contribution in [1.82, 2.24) is 4.57 Å². The number of ether oxygens (including phenoxy) is 2. The lowest BCUT2D eigenvalue weighted by molar-refractivity contribution is -0.385. The van der Waals surface area contributed by atoms with Gasteiger partial charge in [0.1, 0.15) is 6.61 Å². The molecule has 188 valence electrons. The summed E-state index contributed by atoms with van der Waals surface area (Å²) in [5.74, 6) is 1.71. The zero-order valence-electron chi connectivity index (χ0n) is 19.8.